The second kappa shape index (κ2) is 5.62. The Morgan fingerprint density at radius 2 is 2.11 bits per heavy atom. The van der Waals surface area contributed by atoms with Crippen molar-refractivity contribution in [2.75, 3.05) is 12.5 Å². The predicted molar refractivity (Wildman–Crippen MR) is 69.1 cm³/mol. The van der Waals surface area contributed by atoms with Gasteiger partial charge in [-0.15, -0.1) is 0 Å². The van der Waals surface area contributed by atoms with Gasteiger partial charge in [-0.3, -0.25) is 9.78 Å². The van der Waals surface area contributed by atoms with Crippen LogP contribution in [-0.2, 0) is 0 Å². The normalized spacial score (nSPS) is 10.5. The number of nitrogens with one attached hydrogen (secondary N) is 2. The molecule has 2 rings (SSSR count). The first-order chi connectivity index (χ1) is 8.78. The molecule has 0 aliphatic rings. The van der Waals surface area contributed by atoms with Gasteiger partial charge in [-0.05, 0) is 29.8 Å². The molecule has 0 aliphatic carbocycles. The zero-order chi connectivity index (χ0) is 12.8. The molecule has 2 N–H and O–H groups in total. The third-order valence-electron chi connectivity index (χ3n) is 2.17. The zero-order valence-electron chi connectivity index (χ0n) is 9.75. The summed E-state index contributed by atoms with van der Waals surface area (Å²) >= 11 is 0. The zero-order valence-corrected chi connectivity index (χ0v) is 9.75. The number of ether oxygens (including phenoxy) is 1. The van der Waals surface area contributed by atoms with Crippen molar-refractivity contribution in [3.8, 4) is 5.75 Å². The van der Waals surface area contributed by atoms with Crippen LogP contribution in [0.2, 0.25) is 0 Å². The Morgan fingerprint density at radius 1 is 1.33 bits per heavy atom. The summed E-state index contributed by atoms with van der Waals surface area (Å²) in [6.07, 6.45) is 3.02. The molecule has 0 bridgehead atoms. The van der Waals surface area contributed by atoms with Crippen molar-refractivity contribution in [2.24, 2.45) is 5.10 Å². The number of nitrogens with zero attached hydrogens (tertiary/aromatic N) is 2. The number of hydrogen-bond donors (Lipinski definition) is 2. The molecule has 0 amide bonds. The average Bonchev–Trinajstić information content (AvgIpc) is 2.40. The number of H-pyrrole nitrogens is 1. The number of rotatable bonds is 4. The standard InChI is InChI=1S/C12H12N4O2/c1-18-10-4-2-9(3-5-10)8-14-16-12-13-7-6-11(17)15-12/h2-8H,1H3,(H2,13,15,16,17)/b14-8+. The molecule has 0 aliphatic heterocycles. The first-order valence-corrected chi connectivity index (χ1v) is 5.26. The second-order valence-electron chi connectivity index (χ2n) is 3.43. The molecule has 0 unspecified atom stereocenters. The number of hydrogen-bond acceptors (Lipinski definition) is 5. The molecule has 0 saturated heterocycles. The number of methoxy groups -OCH3 is 1. The quantitative estimate of drug-likeness (QED) is 0.626. The summed E-state index contributed by atoms with van der Waals surface area (Å²) in [7, 11) is 1.61. The van der Waals surface area contributed by atoms with Gasteiger partial charge >= 0.3 is 0 Å². The summed E-state index contributed by atoms with van der Waals surface area (Å²) in [4.78, 5) is 17.4. The van der Waals surface area contributed by atoms with E-state index < -0.39 is 0 Å². The molecule has 0 atom stereocenters. The van der Waals surface area contributed by atoms with Gasteiger partial charge in [0.25, 0.3) is 5.56 Å². The molecule has 1 aromatic carbocycles. The molecular formula is C12H12N4O2. The molecule has 1 aromatic heterocycles. The van der Waals surface area contributed by atoms with E-state index in [2.05, 4.69) is 20.5 Å². The van der Waals surface area contributed by atoms with Gasteiger partial charge in [0, 0.05) is 12.3 Å². The van der Waals surface area contributed by atoms with Crippen molar-refractivity contribution in [1.29, 1.82) is 0 Å². The minimum Gasteiger partial charge on any atom is -0.497 e. The summed E-state index contributed by atoms with van der Waals surface area (Å²) in [6.45, 7) is 0. The van der Waals surface area contributed by atoms with Crippen LogP contribution in [0.3, 0.4) is 0 Å². The van der Waals surface area contributed by atoms with Gasteiger partial charge in [0.1, 0.15) is 5.75 Å². The monoisotopic (exact) mass is 244 g/mol. The van der Waals surface area contributed by atoms with Gasteiger partial charge in [-0.2, -0.15) is 5.10 Å². The molecule has 0 saturated carbocycles. The number of aromatic amines is 1. The fourth-order valence-corrected chi connectivity index (χ4v) is 1.28. The summed E-state index contributed by atoms with van der Waals surface area (Å²) < 4.78 is 5.05. The maximum atomic E-state index is 11.0. The summed E-state index contributed by atoms with van der Waals surface area (Å²) in [6, 6.07) is 8.74. The minimum atomic E-state index is -0.229. The predicted octanol–water partition coefficient (Wildman–Crippen LogP) is 1.22. The molecule has 92 valence electrons. The number of benzene rings is 1. The van der Waals surface area contributed by atoms with Crippen LogP contribution in [0.1, 0.15) is 5.56 Å². The van der Waals surface area contributed by atoms with E-state index >= 15 is 0 Å². The highest BCUT2D eigenvalue weighted by atomic mass is 16.5. The van der Waals surface area contributed by atoms with E-state index in [9.17, 15) is 4.79 Å². The fourth-order valence-electron chi connectivity index (χ4n) is 1.28. The van der Waals surface area contributed by atoms with Crippen LogP contribution in [0.15, 0.2) is 46.4 Å². The molecule has 0 spiro atoms. The third-order valence-corrected chi connectivity index (χ3v) is 2.17. The largest absolute Gasteiger partial charge is 0.497 e. The van der Waals surface area contributed by atoms with Crippen molar-refractivity contribution >= 4 is 12.2 Å². The lowest BCUT2D eigenvalue weighted by atomic mass is 10.2. The van der Waals surface area contributed by atoms with Crippen LogP contribution in [-0.4, -0.2) is 23.3 Å². The van der Waals surface area contributed by atoms with Gasteiger partial charge in [0.2, 0.25) is 5.95 Å². The Hall–Kier alpha value is -2.63. The lowest BCUT2D eigenvalue weighted by Crippen LogP contribution is -2.07. The molecule has 0 radical (unpaired) electrons. The van der Waals surface area contributed by atoms with Crippen molar-refractivity contribution < 1.29 is 4.74 Å². The first kappa shape index (κ1) is 11.8. The van der Waals surface area contributed by atoms with Gasteiger partial charge < -0.3 is 4.74 Å². The van der Waals surface area contributed by atoms with Crippen molar-refractivity contribution in [1.82, 2.24) is 9.97 Å². The van der Waals surface area contributed by atoms with E-state index in [4.69, 9.17) is 4.74 Å². The molecule has 18 heavy (non-hydrogen) atoms. The van der Waals surface area contributed by atoms with Crippen LogP contribution in [0, 0.1) is 0 Å². The number of hydrazone groups is 1. The second-order valence-corrected chi connectivity index (χ2v) is 3.43. The van der Waals surface area contributed by atoms with E-state index in [-0.39, 0.29) is 5.56 Å². The molecule has 6 nitrogen and oxygen atoms in total. The van der Waals surface area contributed by atoms with Gasteiger partial charge in [0.05, 0.1) is 13.3 Å². The van der Waals surface area contributed by atoms with E-state index in [1.54, 1.807) is 13.3 Å². The third kappa shape index (κ3) is 3.18. The van der Waals surface area contributed by atoms with E-state index in [1.807, 2.05) is 24.3 Å². The highest BCUT2D eigenvalue weighted by Crippen LogP contribution is 2.09. The maximum absolute atomic E-state index is 11.0. The van der Waals surface area contributed by atoms with Crippen LogP contribution in [0.4, 0.5) is 5.95 Å². The first-order valence-electron chi connectivity index (χ1n) is 5.26. The molecule has 1 heterocycles. The van der Waals surface area contributed by atoms with Crippen molar-refractivity contribution in [3.05, 3.63) is 52.4 Å². The topological polar surface area (TPSA) is 79.4 Å². The van der Waals surface area contributed by atoms with Gasteiger partial charge in [-0.1, -0.05) is 0 Å². The van der Waals surface area contributed by atoms with Crippen LogP contribution in [0.25, 0.3) is 0 Å². The minimum absolute atomic E-state index is 0.229. The van der Waals surface area contributed by atoms with Crippen LogP contribution in [0.5, 0.6) is 5.75 Å². The summed E-state index contributed by atoms with van der Waals surface area (Å²) in [5.74, 6) is 1.08. The highest BCUT2D eigenvalue weighted by Gasteiger charge is 1.92. The lowest BCUT2D eigenvalue weighted by molar-refractivity contribution is 0.415. The Balaban J connectivity index is 2.00. The highest BCUT2D eigenvalue weighted by molar-refractivity contribution is 5.80. The van der Waals surface area contributed by atoms with Gasteiger partial charge in [-0.25, -0.2) is 10.4 Å². The Bertz CT molecular complexity index is 590. The Labute approximate surface area is 103 Å². The van der Waals surface area contributed by atoms with Crippen LogP contribution < -0.4 is 15.7 Å². The Kier molecular flexibility index (Phi) is 3.70. The molecule has 0 fully saturated rings. The average molecular weight is 244 g/mol. The number of anilines is 1. The SMILES string of the molecule is COc1ccc(/C=N/Nc2nccc(=O)[nH]2)cc1. The maximum Gasteiger partial charge on any atom is 0.252 e. The summed E-state index contributed by atoms with van der Waals surface area (Å²) in [5.41, 5.74) is 3.31. The lowest BCUT2D eigenvalue weighted by Gasteiger charge is -1.99. The van der Waals surface area contributed by atoms with Crippen molar-refractivity contribution in [3.63, 3.8) is 0 Å². The molecule has 6 heteroatoms. The van der Waals surface area contributed by atoms with Crippen molar-refractivity contribution in [2.45, 2.75) is 0 Å². The van der Waals surface area contributed by atoms with Gasteiger partial charge in [0.15, 0.2) is 0 Å². The fraction of sp³-hybridized carbons (Fsp3) is 0.0833. The molecular weight excluding hydrogens is 232 g/mol. The summed E-state index contributed by atoms with van der Waals surface area (Å²) in [5, 5.41) is 3.96. The Morgan fingerprint density at radius 3 is 2.78 bits per heavy atom. The van der Waals surface area contributed by atoms with E-state index in [0.717, 1.165) is 11.3 Å². The van der Waals surface area contributed by atoms with E-state index in [1.165, 1.54) is 12.3 Å². The molecule has 2 aromatic rings. The number of aromatic nitrogens is 2. The van der Waals surface area contributed by atoms with E-state index in [0.29, 0.717) is 5.95 Å². The van der Waals surface area contributed by atoms with Crippen LogP contribution >= 0.6 is 0 Å². The smallest absolute Gasteiger partial charge is 0.252 e.